The fourth-order valence-electron chi connectivity index (χ4n) is 3.81. The maximum Gasteiger partial charge on any atom is 0.137 e. The number of ether oxygens (including phenoxy) is 2. The summed E-state index contributed by atoms with van der Waals surface area (Å²) in [6.45, 7) is 3.01. The number of nitrogens with two attached hydrogens (primary N) is 2. The SMILES string of the molecule is N=C(N)c1ccc(OCCCC2CNCCC2COc2ccc(C(=N)N)c(F)c2)cc1. The predicted molar refractivity (Wildman–Crippen MR) is 120 cm³/mol. The Hall–Kier alpha value is -3.13. The van der Waals surface area contributed by atoms with Gasteiger partial charge in [0.1, 0.15) is 29.0 Å². The molecule has 0 aromatic heterocycles. The average molecular weight is 428 g/mol. The van der Waals surface area contributed by atoms with Crippen LogP contribution in [0.1, 0.15) is 30.4 Å². The summed E-state index contributed by atoms with van der Waals surface area (Å²) in [5.74, 6) is 1.27. The fourth-order valence-corrected chi connectivity index (χ4v) is 3.81. The van der Waals surface area contributed by atoms with Crippen molar-refractivity contribution in [3.63, 3.8) is 0 Å². The Bertz CT molecular complexity index is 903. The first-order chi connectivity index (χ1) is 14.9. The number of hydrogen-bond acceptors (Lipinski definition) is 5. The Morgan fingerprint density at radius 2 is 1.74 bits per heavy atom. The lowest BCUT2D eigenvalue weighted by atomic mass is 9.84. The Labute approximate surface area is 181 Å². The van der Waals surface area contributed by atoms with Gasteiger partial charge >= 0.3 is 0 Å². The minimum atomic E-state index is -0.541. The van der Waals surface area contributed by atoms with Gasteiger partial charge in [-0.15, -0.1) is 0 Å². The summed E-state index contributed by atoms with van der Waals surface area (Å²) in [5, 5.41) is 18.2. The predicted octanol–water partition coefficient (Wildman–Crippen LogP) is 2.86. The molecule has 2 aromatic carbocycles. The minimum absolute atomic E-state index is 0.0437. The van der Waals surface area contributed by atoms with Gasteiger partial charge in [0.15, 0.2) is 0 Å². The van der Waals surface area contributed by atoms with Crippen molar-refractivity contribution < 1.29 is 13.9 Å². The third-order valence-corrected chi connectivity index (χ3v) is 5.61. The highest BCUT2D eigenvalue weighted by atomic mass is 19.1. The highest BCUT2D eigenvalue weighted by Gasteiger charge is 2.25. The second-order valence-corrected chi connectivity index (χ2v) is 7.81. The molecule has 0 spiro atoms. The summed E-state index contributed by atoms with van der Waals surface area (Å²) < 4.78 is 25.7. The second-order valence-electron chi connectivity index (χ2n) is 7.81. The summed E-state index contributed by atoms with van der Waals surface area (Å²) in [6.07, 6.45) is 2.93. The minimum Gasteiger partial charge on any atom is -0.494 e. The molecule has 2 atom stereocenters. The number of amidine groups is 2. The van der Waals surface area contributed by atoms with Crippen LogP contribution in [-0.2, 0) is 0 Å². The maximum absolute atomic E-state index is 14.0. The van der Waals surface area contributed by atoms with E-state index in [0.717, 1.165) is 38.1 Å². The molecule has 7 nitrogen and oxygen atoms in total. The van der Waals surface area contributed by atoms with Crippen LogP contribution in [0.25, 0.3) is 0 Å². The van der Waals surface area contributed by atoms with Gasteiger partial charge in [0.25, 0.3) is 0 Å². The van der Waals surface area contributed by atoms with Gasteiger partial charge in [-0.3, -0.25) is 10.8 Å². The van der Waals surface area contributed by atoms with E-state index in [-0.39, 0.29) is 17.2 Å². The summed E-state index contributed by atoms with van der Waals surface area (Å²) in [4.78, 5) is 0. The van der Waals surface area contributed by atoms with Crippen LogP contribution in [0.15, 0.2) is 42.5 Å². The molecule has 1 aliphatic rings. The molecule has 31 heavy (non-hydrogen) atoms. The zero-order valence-corrected chi connectivity index (χ0v) is 17.5. The topological polar surface area (TPSA) is 130 Å². The monoisotopic (exact) mass is 427 g/mol. The van der Waals surface area contributed by atoms with Gasteiger partial charge in [-0.25, -0.2) is 4.39 Å². The fraction of sp³-hybridized carbons (Fsp3) is 0.391. The van der Waals surface area contributed by atoms with Gasteiger partial charge in [-0.2, -0.15) is 0 Å². The van der Waals surface area contributed by atoms with Crippen molar-refractivity contribution in [2.75, 3.05) is 26.3 Å². The van der Waals surface area contributed by atoms with E-state index < -0.39 is 5.82 Å². The molecule has 0 saturated carbocycles. The third-order valence-electron chi connectivity index (χ3n) is 5.61. The van der Waals surface area contributed by atoms with Crippen molar-refractivity contribution >= 4 is 11.7 Å². The first kappa shape index (κ1) is 22.6. The van der Waals surface area contributed by atoms with Crippen molar-refractivity contribution in [2.24, 2.45) is 23.3 Å². The Morgan fingerprint density at radius 1 is 1.00 bits per heavy atom. The normalized spacial score (nSPS) is 18.4. The van der Waals surface area contributed by atoms with Crippen LogP contribution >= 0.6 is 0 Å². The molecular weight excluding hydrogens is 397 g/mol. The van der Waals surface area contributed by atoms with Crippen molar-refractivity contribution in [2.45, 2.75) is 19.3 Å². The molecule has 7 N–H and O–H groups in total. The van der Waals surface area contributed by atoms with Crippen LogP contribution in [-0.4, -0.2) is 38.0 Å². The van der Waals surface area contributed by atoms with Crippen LogP contribution in [0.2, 0.25) is 0 Å². The lowest BCUT2D eigenvalue weighted by Crippen LogP contribution is -2.39. The van der Waals surface area contributed by atoms with E-state index in [4.69, 9.17) is 31.8 Å². The Morgan fingerprint density at radius 3 is 2.42 bits per heavy atom. The number of hydrogen-bond donors (Lipinski definition) is 5. The van der Waals surface area contributed by atoms with E-state index >= 15 is 0 Å². The molecule has 1 fully saturated rings. The maximum atomic E-state index is 14.0. The lowest BCUT2D eigenvalue weighted by Gasteiger charge is -2.32. The number of benzene rings is 2. The largest absolute Gasteiger partial charge is 0.494 e. The van der Waals surface area contributed by atoms with Crippen LogP contribution in [0, 0.1) is 28.5 Å². The van der Waals surface area contributed by atoms with E-state index in [1.165, 1.54) is 12.1 Å². The van der Waals surface area contributed by atoms with Crippen LogP contribution < -0.4 is 26.3 Å². The average Bonchev–Trinajstić information content (AvgIpc) is 2.76. The molecule has 2 aromatic rings. The number of nitrogen functional groups attached to an aromatic ring is 2. The summed E-state index contributed by atoms with van der Waals surface area (Å²) in [7, 11) is 0. The van der Waals surface area contributed by atoms with Gasteiger partial charge in [-0.05, 0) is 80.6 Å². The quantitative estimate of drug-likeness (QED) is 0.226. The molecule has 0 amide bonds. The van der Waals surface area contributed by atoms with E-state index in [0.29, 0.717) is 36.4 Å². The Balaban J connectivity index is 1.45. The van der Waals surface area contributed by atoms with Crippen molar-refractivity contribution in [3.8, 4) is 11.5 Å². The zero-order valence-electron chi connectivity index (χ0n) is 17.5. The van der Waals surface area contributed by atoms with E-state index in [1.54, 1.807) is 18.2 Å². The molecule has 1 aliphatic heterocycles. The molecule has 0 bridgehead atoms. The summed E-state index contributed by atoms with van der Waals surface area (Å²) >= 11 is 0. The smallest absolute Gasteiger partial charge is 0.137 e. The summed E-state index contributed by atoms with van der Waals surface area (Å²) in [6, 6.07) is 11.6. The van der Waals surface area contributed by atoms with Gasteiger partial charge < -0.3 is 26.3 Å². The highest BCUT2D eigenvalue weighted by molar-refractivity contribution is 5.95. The van der Waals surface area contributed by atoms with Gasteiger partial charge in [-0.1, -0.05) is 0 Å². The number of rotatable bonds is 10. The van der Waals surface area contributed by atoms with E-state index in [2.05, 4.69) is 5.32 Å². The van der Waals surface area contributed by atoms with Crippen LogP contribution in [0.4, 0.5) is 4.39 Å². The first-order valence-corrected chi connectivity index (χ1v) is 10.5. The molecule has 8 heteroatoms. The Kier molecular flexibility index (Phi) is 7.83. The van der Waals surface area contributed by atoms with Gasteiger partial charge in [0.2, 0.25) is 0 Å². The molecule has 1 heterocycles. The van der Waals surface area contributed by atoms with Gasteiger partial charge in [0.05, 0.1) is 18.8 Å². The number of piperidine rings is 1. The molecule has 1 saturated heterocycles. The second kappa shape index (κ2) is 10.8. The van der Waals surface area contributed by atoms with E-state index in [9.17, 15) is 4.39 Å². The molecule has 0 aliphatic carbocycles. The van der Waals surface area contributed by atoms with Crippen LogP contribution in [0.5, 0.6) is 11.5 Å². The molecule has 0 radical (unpaired) electrons. The van der Waals surface area contributed by atoms with Crippen molar-refractivity contribution in [3.05, 3.63) is 59.4 Å². The first-order valence-electron chi connectivity index (χ1n) is 10.5. The standard InChI is InChI=1S/C23H30FN5O2/c24-21-12-19(7-8-20(21)23(27)28)31-14-17-9-10-29-13-16(17)2-1-11-30-18-5-3-15(4-6-18)22(25)26/h3-8,12,16-17,29H,1-2,9-11,13-14H2,(H3,25,26)(H3,27,28). The zero-order chi connectivity index (χ0) is 22.2. The number of nitrogens with one attached hydrogen (secondary N) is 3. The summed E-state index contributed by atoms with van der Waals surface area (Å²) in [5.41, 5.74) is 11.6. The van der Waals surface area contributed by atoms with Crippen molar-refractivity contribution in [1.29, 1.82) is 10.8 Å². The van der Waals surface area contributed by atoms with E-state index in [1.807, 2.05) is 12.1 Å². The molecule has 2 unspecified atom stereocenters. The number of halogens is 1. The van der Waals surface area contributed by atoms with Crippen LogP contribution in [0.3, 0.4) is 0 Å². The molecule has 166 valence electrons. The van der Waals surface area contributed by atoms with Gasteiger partial charge in [0, 0.05) is 11.6 Å². The lowest BCUT2D eigenvalue weighted by molar-refractivity contribution is 0.146. The molecule has 3 rings (SSSR count). The highest BCUT2D eigenvalue weighted by Crippen LogP contribution is 2.26. The third kappa shape index (κ3) is 6.42. The molecular formula is C23H30FN5O2. The van der Waals surface area contributed by atoms with Crippen molar-refractivity contribution in [1.82, 2.24) is 5.32 Å².